The molecule has 4 rings (SSSR count). The second-order valence-corrected chi connectivity index (χ2v) is 7.35. The predicted octanol–water partition coefficient (Wildman–Crippen LogP) is 4.97. The molecule has 0 fully saturated rings. The van der Waals surface area contributed by atoms with Crippen LogP contribution in [-0.2, 0) is 13.0 Å². The Morgan fingerprint density at radius 3 is 2.57 bits per heavy atom. The van der Waals surface area contributed by atoms with Crippen LogP contribution in [0, 0.1) is 19.8 Å². The molecule has 1 heteroatoms. The molecule has 0 bridgehead atoms. The Kier molecular flexibility index (Phi) is 3.26. The maximum atomic E-state index is 2.49. The zero-order valence-corrected chi connectivity index (χ0v) is 14.5. The summed E-state index contributed by atoms with van der Waals surface area (Å²) in [5.74, 6) is 0.682. The molecule has 23 heavy (non-hydrogen) atoms. The fourth-order valence-electron chi connectivity index (χ4n) is 3.85. The summed E-state index contributed by atoms with van der Waals surface area (Å²) >= 11 is 0. The highest BCUT2D eigenvalue weighted by atomic mass is 15.0. The molecule has 0 radical (unpaired) electrons. The lowest BCUT2D eigenvalue weighted by Gasteiger charge is -2.08. The van der Waals surface area contributed by atoms with Crippen LogP contribution in [0.1, 0.15) is 36.1 Å². The summed E-state index contributed by atoms with van der Waals surface area (Å²) in [6.07, 6.45) is 1.14. The number of aromatic nitrogens is 1. The SMILES string of the molecule is Cc1cc2c(cc1C)-c1ccc3c(CC(C)C)cccc3[n+]1C2. The second kappa shape index (κ2) is 5.19. The third kappa shape index (κ3) is 2.26. The quantitative estimate of drug-likeness (QED) is 0.460. The Morgan fingerprint density at radius 2 is 1.78 bits per heavy atom. The van der Waals surface area contributed by atoms with E-state index in [-0.39, 0.29) is 0 Å². The zero-order valence-electron chi connectivity index (χ0n) is 14.5. The first-order chi connectivity index (χ1) is 11.0. The standard InChI is InChI=1S/C22H24N/c1-14(2)10-17-6-5-7-21-19(17)8-9-22-20-12-16(4)15(3)11-18(20)13-23(21)22/h5-9,11-12,14H,10,13H2,1-4H3/q+1. The van der Waals surface area contributed by atoms with Crippen molar-refractivity contribution in [2.24, 2.45) is 5.92 Å². The van der Waals surface area contributed by atoms with Crippen LogP contribution in [0.3, 0.4) is 0 Å². The molecule has 1 aliphatic heterocycles. The Hall–Kier alpha value is -2.15. The molecule has 1 aliphatic rings. The number of aryl methyl sites for hydroxylation is 2. The summed E-state index contributed by atoms with van der Waals surface area (Å²) in [4.78, 5) is 0. The molecule has 0 unspecified atom stereocenters. The molecule has 0 N–H and O–H groups in total. The first-order valence-electron chi connectivity index (χ1n) is 8.59. The number of nitrogens with zero attached hydrogens (tertiary/aromatic N) is 1. The van der Waals surface area contributed by atoms with E-state index in [1.165, 1.54) is 44.4 Å². The fourth-order valence-corrected chi connectivity index (χ4v) is 3.85. The number of hydrogen-bond donors (Lipinski definition) is 0. The highest BCUT2D eigenvalue weighted by Gasteiger charge is 2.29. The smallest absolute Gasteiger partial charge is 0.187 e. The molecule has 0 atom stereocenters. The number of benzene rings is 2. The molecule has 0 amide bonds. The summed E-state index contributed by atoms with van der Waals surface area (Å²) in [6, 6.07) is 16.1. The number of hydrogen-bond acceptors (Lipinski definition) is 0. The molecule has 0 spiro atoms. The van der Waals surface area contributed by atoms with Gasteiger partial charge in [-0.3, -0.25) is 0 Å². The third-order valence-electron chi connectivity index (χ3n) is 5.11. The average Bonchev–Trinajstić information content (AvgIpc) is 2.85. The monoisotopic (exact) mass is 302 g/mol. The van der Waals surface area contributed by atoms with Crippen LogP contribution in [-0.4, -0.2) is 0 Å². The number of rotatable bonds is 2. The Balaban J connectivity index is 1.93. The van der Waals surface area contributed by atoms with Crippen LogP contribution in [0.5, 0.6) is 0 Å². The number of pyridine rings is 1. The topological polar surface area (TPSA) is 3.88 Å². The van der Waals surface area contributed by atoms with Gasteiger partial charge in [0.2, 0.25) is 11.2 Å². The van der Waals surface area contributed by atoms with Crippen molar-refractivity contribution in [2.45, 2.75) is 40.7 Å². The molecule has 116 valence electrons. The fraction of sp³-hybridized carbons (Fsp3) is 0.318. The van der Waals surface area contributed by atoms with Crippen molar-refractivity contribution >= 4 is 10.9 Å². The van der Waals surface area contributed by atoms with Crippen LogP contribution in [0.25, 0.3) is 22.2 Å². The van der Waals surface area contributed by atoms with Gasteiger partial charge in [0, 0.05) is 23.1 Å². The summed E-state index contributed by atoms with van der Waals surface area (Å²) in [7, 11) is 0. The van der Waals surface area contributed by atoms with Gasteiger partial charge in [-0.25, -0.2) is 0 Å². The van der Waals surface area contributed by atoms with Gasteiger partial charge in [0.15, 0.2) is 6.54 Å². The van der Waals surface area contributed by atoms with Crippen molar-refractivity contribution in [3.05, 3.63) is 64.7 Å². The molecule has 1 aromatic heterocycles. The number of fused-ring (bicyclic) bond motifs is 5. The van der Waals surface area contributed by atoms with Gasteiger partial charge < -0.3 is 0 Å². The largest absolute Gasteiger partial charge is 0.213 e. The van der Waals surface area contributed by atoms with Gasteiger partial charge in [-0.1, -0.05) is 26.0 Å². The predicted molar refractivity (Wildman–Crippen MR) is 96.7 cm³/mol. The van der Waals surface area contributed by atoms with E-state index in [1.54, 1.807) is 0 Å². The molecule has 0 saturated heterocycles. The molecular formula is C22H24N+. The lowest BCUT2D eigenvalue weighted by Crippen LogP contribution is -2.33. The normalized spacial score (nSPS) is 12.7. The van der Waals surface area contributed by atoms with Crippen LogP contribution < -0.4 is 4.57 Å². The Labute approximate surface area is 138 Å². The summed E-state index contributed by atoms with van der Waals surface area (Å²) < 4.78 is 2.49. The van der Waals surface area contributed by atoms with Crippen molar-refractivity contribution in [3.63, 3.8) is 0 Å². The first-order valence-corrected chi connectivity index (χ1v) is 8.59. The lowest BCUT2D eigenvalue weighted by atomic mass is 9.97. The average molecular weight is 302 g/mol. The van der Waals surface area contributed by atoms with Gasteiger partial charge in [-0.15, -0.1) is 0 Å². The molecule has 0 aliphatic carbocycles. The minimum absolute atomic E-state index is 0.682. The van der Waals surface area contributed by atoms with Crippen LogP contribution in [0.4, 0.5) is 0 Å². The highest BCUT2D eigenvalue weighted by Crippen LogP contribution is 2.32. The van der Waals surface area contributed by atoms with Gasteiger partial charge in [-0.05, 0) is 61.1 Å². The minimum Gasteiger partial charge on any atom is -0.187 e. The maximum absolute atomic E-state index is 2.49. The van der Waals surface area contributed by atoms with Crippen molar-refractivity contribution in [3.8, 4) is 11.3 Å². The van der Waals surface area contributed by atoms with Crippen LogP contribution >= 0.6 is 0 Å². The van der Waals surface area contributed by atoms with E-state index >= 15 is 0 Å². The van der Waals surface area contributed by atoms with Gasteiger partial charge in [0.25, 0.3) is 0 Å². The van der Waals surface area contributed by atoms with Crippen LogP contribution in [0.2, 0.25) is 0 Å². The Morgan fingerprint density at radius 1 is 1.00 bits per heavy atom. The van der Waals surface area contributed by atoms with E-state index < -0.39 is 0 Å². The molecule has 0 saturated carbocycles. The molecule has 3 aromatic rings. The van der Waals surface area contributed by atoms with E-state index in [2.05, 4.69) is 74.7 Å². The van der Waals surface area contributed by atoms with E-state index in [1.807, 2.05) is 0 Å². The van der Waals surface area contributed by atoms with Crippen molar-refractivity contribution in [1.82, 2.24) is 0 Å². The van der Waals surface area contributed by atoms with E-state index in [0.29, 0.717) is 5.92 Å². The molecule has 2 aromatic carbocycles. The summed E-state index contributed by atoms with van der Waals surface area (Å²) in [6.45, 7) is 10.00. The summed E-state index contributed by atoms with van der Waals surface area (Å²) in [5, 5.41) is 1.41. The molecular weight excluding hydrogens is 278 g/mol. The van der Waals surface area contributed by atoms with E-state index in [9.17, 15) is 0 Å². The van der Waals surface area contributed by atoms with Gasteiger partial charge in [0.05, 0.1) is 5.56 Å². The van der Waals surface area contributed by atoms with Crippen molar-refractivity contribution in [1.29, 1.82) is 0 Å². The highest BCUT2D eigenvalue weighted by molar-refractivity contribution is 5.82. The molecule has 1 nitrogen and oxygen atoms in total. The minimum atomic E-state index is 0.682. The van der Waals surface area contributed by atoms with Gasteiger partial charge in [-0.2, -0.15) is 4.57 Å². The van der Waals surface area contributed by atoms with E-state index in [4.69, 9.17) is 0 Å². The van der Waals surface area contributed by atoms with Crippen molar-refractivity contribution in [2.75, 3.05) is 0 Å². The van der Waals surface area contributed by atoms with Gasteiger partial charge >= 0.3 is 0 Å². The Bertz CT molecular complexity index is 919. The second-order valence-electron chi connectivity index (χ2n) is 7.35. The summed E-state index contributed by atoms with van der Waals surface area (Å²) in [5.41, 5.74) is 9.83. The van der Waals surface area contributed by atoms with Crippen molar-refractivity contribution < 1.29 is 4.57 Å². The lowest BCUT2D eigenvalue weighted by molar-refractivity contribution is -0.645. The van der Waals surface area contributed by atoms with Gasteiger partial charge in [0.1, 0.15) is 0 Å². The third-order valence-corrected chi connectivity index (χ3v) is 5.11. The first kappa shape index (κ1) is 14.4. The molecule has 2 heterocycles. The van der Waals surface area contributed by atoms with Crippen LogP contribution in [0.15, 0.2) is 42.5 Å². The van der Waals surface area contributed by atoms with E-state index in [0.717, 1.165) is 13.0 Å². The zero-order chi connectivity index (χ0) is 16.1. The maximum Gasteiger partial charge on any atom is 0.213 e.